The highest BCUT2D eigenvalue weighted by atomic mass is 16.5. The molecule has 1 unspecified atom stereocenters. The van der Waals surface area contributed by atoms with Crippen LogP contribution in [0.2, 0.25) is 0 Å². The van der Waals surface area contributed by atoms with Crippen LogP contribution in [0.1, 0.15) is 17.3 Å². The number of nitrogens with zero attached hydrogens (tertiary/aromatic N) is 1. The molecule has 1 saturated heterocycles. The molecule has 1 aliphatic rings. The van der Waals surface area contributed by atoms with Crippen molar-refractivity contribution in [3.05, 3.63) is 29.8 Å². The summed E-state index contributed by atoms with van der Waals surface area (Å²) in [5, 5.41) is 0. The summed E-state index contributed by atoms with van der Waals surface area (Å²) >= 11 is 0. The monoisotopic (exact) mass is 263 g/mol. The zero-order valence-corrected chi connectivity index (χ0v) is 11.4. The summed E-state index contributed by atoms with van der Waals surface area (Å²) in [7, 11) is 0. The molecule has 0 spiro atoms. The zero-order valence-electron chi connectivity index (χ0n) is 11.4. The maximum absolute atomic E-state index is 10.5. The van der Waals surface area contributed by atoms with Crippen LogP contribution < -0.4 is 4.74 Å². The number of carbonyl (C=O) groups excluding carboxylic acids is 1. The molecule has 0 amide bonds. The van der Waals surface area contributed by atoms with E-state index in [1.807, 2.05) is 12.1 Å². The molecular weight excluding hydrogens is 242 g/mol. The molecule has 19 heavy (non-hydrogen) atoms. The summed E-state index contributed by atoms with van der Waals surface area (Å²) in [6, 6.07) is 7.22. The molecule has 104 valence electrons. The second kappa shape index (κ2) is 7.26. The van der Waals surface area contributed by atoms with Crippen LogP contribution >= 0.6 is 0 Å². The van der Waals surface area contributed by atoms with Gasteiger partial charge in [-0.15, -0.1) is 0 Å². The molecular formula is C15H21NO3. The highest BCUT2D eigenvalue weighted by Gasteiger charge is 2.14. The molecule has 1 aromatic carbocycles. The highest BCUT2D eigenvalue weighted by Crippen LogP contribution is 2.13. The summed E-state index contributed by atoms with van der Waals surface area (Å²) in [6.07, 6.45) is 0.838. The van der Waals surface area contributed by atoms with Gasteiger partial charge in [-0.2, -0.15) is 0 Å². The third-order valence-electron chi connectivity index (χ3n) is 3.22. The lowest BCUT2D eigenvalue weighted by Crippen LogP contribution is -2.39. The number of hydrogen-bond acceptors (Lipinski definition) is 4. The number of carbonyl (C=O) groups is 1. The third kappa shape index (κ3) is 4.65. The van der Waals surface area contributed by atoms with Crippen LogP contribution in [0, 0.1) is 5.92 Å². The number of aldehydes is 1. The molecule has 0 aromatic heterocycles. The van der Waals surface area contributed by atoms with Crippen molar-refractivity contribution in [1.82, 2.24) is 4.90 Å². The molecule has 1 fully saturated rings. The van der Waals surface area contributed by atoms with Crippen molar-refractivity contribution >= 4 is 6.29 Å². The summed E-state index contributed by atoms with van der Waals surface area (Å²) in [4.78, 5) is 13.0. The maximum atomic E-state index is 10.5. The van der Waals surface area contributed by atoms with E-state index in [9.17, 15) is 4.79 Å². The first kappa shape index (κ1) is 14.0. The molecule has 1 heterocycles. The molecule has 1 aliphatic heterocycles. The highest BCUT2D eigenvalue weighted by molar-refractivity contribution is 5.74. The number of ether oxygens (including phenoxy) is 2. The Morgan fingerprint density at radius 1 is 1.32 bits per heavy atom. The van der Waals surface area contributed by atoms with E-state index in [0.29, 0.717) is 18.1 Å². The van der Waals surface area contributed by atoms with Crippen molar-refractivity contribution in [3.8, 4) is 5.75 Å². The van der Waals surface area contributed by atoms with Gasteiger partial charge in [0.1, 0.15) is 12.0 Å². The van der Waals surface area contributed by atoms with Gasteiger partial charge in [0, 0.05) is 31.1 Å². The first-order valence-corrected chi connectivity index (χ1v) is 6.76. The molecule has 4 heteroatoms. The van der Waals surface area contributed by atoms with Gasteiger partial charge in [0.25, 0.3) is 0 Å². The van der Waals surface area contributed by atoms with E-state index < -0.39 is 0 Å². The molecule has 0 saturated carbocycles. The van der Waals surface area contributed by atoms with Crippen molar-refractivity contribution in [3.63, 3.8) is 0 Å². The first-order chi connectivity index (χ1) is 9.28. The third-order valence-corrected chi connectivity index (χ3v) is 3.22. The minimum atomic E-state index is 0.476. The van der Waals surface area contributed by atoms with Crippen molar-refractivity contribution in [2.24, 2.45) is 5.92 Å². The molecule has 2 rings (SSSR count). The predicted octanol–water partition coefficient (Wildman–Crippen LogP) is 1.85. The maximum Gasteiger partial charge on any atom is 0.150 e. The van der Waals surface area contributed by atoms with Crippen molar-refractivity contribution in [1.29, 1.82) is 0 Å². The summed E-state index contributed by atoms with van der Waals surface area (Å²) in [5.74, 6) is 1.29. The molecule has 1 aromatic rings. The van der Waals surface area contributed by atoms with Gasteiger partial charge in [0.15, 0.2) is 0 Å². The quantitative estimate of drug-likeness (QED) is 0.734. The zero-order chi connectivity index (χ0) is 13.5. The van der Waals surface area contributed by atoms with E-state index in [1.54, 1.807) is 12.1 Å². The lowest BCUT2D eigenvalue weighted by Gasteiger charge is -2.29. The number of morpholine rings is 1. The Morgan fingerprint density at radius 3 is 2.63 bits per heavy atom. The Labute approximate surface area is 114 Å². The van der Waals surface area contributed by atoms with Crippen LogP contribution in [-0.4, -0.2) is 50.6 Å². The summed E-state index contributed by atoms with van der Waals surface area (Å²) in [5.41, 5.74) is 0.675. The Bertz CT molecular complexity index is 385. The minimum absolute atomic E-state index is 0.476. The second-order valence-electron chi connectivity index (χ2n) is 5.02. The minimum Gasteiger partial charge on any atom is -0.493 e. The van der Waals surface area contributed by atoms with Gasteiger partial charge in [0.05, 0.1) is 19.8 Å². The van der Waals surface area contributed by atoms with Gasteiger partial charge >= 0.3 is 0 Å². The Morgan fingerprint density at radius 2 is 2.00 bits per heavy atom. The lowest BCUT2D eigenvalue weighted by atomic mass is 10.1. The van der Waals surface area contributed by atoms with E-state index in [4.69, 9.17) is 9.47 Å². The van der Waals surface area contributed by atoms with Gasteiger partial charge in [-0.05, 0) is 24.3 Å². The topological polar surface area (TPSA) is 38.8 Å². The van der Waals surface area contributed by atoms with Crippen LogP contribution in [0.5, 0.6) is 5.75 Å². The average Bonchev–Trinajstić information content (AvgIpc) is 2.47. The second-order valence-corrected chi connectivity index (χ2v) is 5.02. The van der Waals surface area contributed by atoms with Crippen LogP contribution in [0.4, 0.5) is 0 Å². The fraction of sp³-hybridized carbons (Fsp3) is 0.533. The lowest BCUT2D eigenvalue weighted by molar-refractivity contribution is 0.0283. The van der Waals surface area contributed by atoms with Crippen LogP contribution in [0.15, 0.2) is 24.3 Å². The normalized spacial score (nSPS) is 17.9. The van der Waals surface area contributed by atoms with Gasteiger partial charge < -0.3 is 9.47 Å². The van der Waals surface area contributed by atoms with Gasteiger partial charge in [0.2, 0.25) is 0 Å². The van der Waals surface area contributed by atoms with Crippen LogP contribution in [0.25, 0.3) is 0 Å². The molecule has 0 radical (unpaired) electrons. The van der Waals surface area contributed by atoms with E-state index in [2.05, 4.69) is 11.8 Å². The number of rotatable bonds is 6. The van der Waals surface area contributed by atoms with E-state index >= 15 is 0 Å². The summed E-state index contributed by atoms with van der Waals surface area (Å²) < 4.78 is 11.1. The van der Waals surface area contributed by atoms with Crippen LogP contribution in [-0.2, 0) is 4.74 Å². The molecule has 0 N–H and O–H groups in total. The summed E-state index contributed by atoms with van der Waals surface area (Å²) in [6.45, 7) is 7.61. The number of benzene rings is 1. The van der Waals surface area contributed by atoms with E-state index in [0.717, 1.165) is 44.9 Å². The molecule has 0 aliphatic carbocycles. The molecule has 4 nitrogen and oxygen atoms in total. The number of hydrogen-bond donors (Lipinski definition) is 0. The standard InChI is InChI=1S/C15H21NO3/c1-13(10-16-6-8-18-9-7-16)12-19-15-4-2-14(11-17)3-5-15/h2-5,11,13H,6-10,12H2,1H3. The molecule has 1 atom stereocenters. The predicted molar refractivity (Wildman–Crippen MR) is 73.7 cm³/mol. The largest absolute Gasteiger partial charge is 0.493 e. The average molecular weight is 263 g/mol. The Kier molecular flexibility index (Phi) is 5.36. The Hall–Kier alpha value is -1.39. The Balaban J connectivity index is 1.72. The van der Waals surface area contributed by atoms with E-state index in [-0.39, 0.29) is 0 Å². The van der Waals surface area contributed by atoms with E-state index in [1.165, 1.54) is 0 Å². The van der Waals surface area contributed by atoms with Crippen molar-refractivity contribution in [2.75, 3.05) is 39.5 Å². The van der Waals surface area contributed by atoms with Crippen LogP contribution in [0.3, 0.4) is 0 Å². The fourth-order valence-electron chi connectivity index (χ4n) is 2.16. The molecule has 0 bridgehead atoms. The first-order valence-electron chi connectivity index (χ1n) is 6.76. The van der Waals surface area contributed by atoms with Crippen molar-refractivity contribution in [2.45, 2.75) is 6.92 Å². The van der Waals surface area contributed by atoms with Gasteiger partial charge in [-0.3, -0.25) is 9.69 Å². The van der Waals surface area contributed by atoms with Crippen molar-refractivity contribution < 1.29 is 14.3 Å². The fourth-order valence-corrected chi connectivity index (χ4v) is 2.16. The van der Waals surface area contributed by atoms with Gasteiger partial charge in [-0.1, -0.05) is 6.92 Å². The van der Waals surface area contributed by atoms with Gasteiger partial charge in [-0.25, -0.2) is 0 Å². The smallest absolute Gasteiger partial charge is 0.150 e. The SMILES string of the molecule is CC(COc1ccc(C=O)cc1)CN1CCOCC1.